The summed E-state index contributed by atoms with van der Waals surface area (Å²) in [6, 6.07) is 9.21. The molecule has 21 heavy (non-hydrogen) atoms. The van der Waals surface area contributed by atoms with Crippen molar-refractivity contribution in [2.24, 2.45) is 0 Å². The highest BCUT2D eigenvalue weighted by Crippen LogP contribution is 2.18. The third-order valence-corrected chi connectivity index (χ3v) is 3.19. The zero-order valence-corrected chi connectivity index (χ0v) is 12.4. The molecule has 116 valence electrons. The first-order valence-electron chi connectivity index (χ1n) is 7.18. The molecule has 0 radical (unpaired) electrons. The summed E-state index contributed by atoms with van der Waals surface area (Å²) in [5, 5.41) is 11.7. The maximum atomic E-state index is 11.9. The van der Waals surface area contributed by atoms with Crippen molar-refractivity contribution in [1.82, 2.24) is 5.32 Å². The first-order valence-corrected chi connectivity index (χ1v) is 7.18. The van der Waals surface area contributed by atoms with E-state index in [1.807, 2.05) is 30.3 Å². The number of hydrogen-bond acceptors (Lipinski definition) is 3. The van der Waals surface area contributed by atoms with E-state index in [1.54, 1.807) is 7.11 Å². The SMILES string of the molecule is COCCCCC(=O)NC(CCC(=O)O)c1ccccc1. The first kappa shape index (κ1) is 17.2. The first-order chi connectivity index (χ1) is 10.1. The highest BCUT2D eigenvalue weighted by Gasteiger charge is 2.15. The molecule has 0 spiro atoms. The second-order valence-electron chi connectivity index (χ2n) is 4.91. The van der Waals surface area contributed by atoms with Gasteiger partial charge < -0.3 is 15.2 Å². The van der Waals surface area contributed by atoms with Gasteiger partial charge in [0.25, 0.3) is 0 Å². The normalized spacial score (nSPS) is 11.9. The third-order valence-electron chi connectivity index (χ3n) is 3.19. The number of ether oxygens (including phenoxy) is 1. The van der Waals surface area contributed by atoms with Crippen molar-refractivity contribution in [1.29, 1.82) is 0 Å². The fourth-order valence-electron chi connectivity index (χ4n) is 2.07. The number of carbonyl (C=O) groups excluding carboxylic acids is 1. The number of amides is 1. The van der Waals surface area contributed by atoms with Gasteiger partial charge in [0, 0.05) is 26.6 Å². The Kier molecular flexibility index (Phi) is 8.12. The van der Waals surface area contributed by atoms with E-state index >= 15 is 0 Å². The van der Waals surface area contributed by atoms with E-state index in [9.17, 15) is 9.59 Å². The molecule has 0 aliphatic heterocycles. The van der Waals surface area contributed by atoms with Gasteiger partial charge in [0.1, 0.15) is 0 Å². The van der Waals surface area contributed by atoms with E-state index < -0.39 is 5.97 Å². The van der Waals surface area contributed by atoms with Gasteiger partial charge in [0.15, 0.2) is 0 Å². The number of nitrogens with one attached hydrogen (secondary N) is 1. The molecule has 0 saturated carbocycles. The quantitative estimate of drug-likeness (QED) is 0.650. The van der Waals surface area contributed by atoms with Crippen LogP contribution >= 0.6 is 0 Å². The fraction of sp³-hybridized carbons (Fsp3) is 0.500. The van der Waals surface area contributed by atoms with Crippen LogP contribution in [0.3, 0.4) is 0 Å². The van der Waals surface area contributed by atoms with Gasteiger partial charge in [-0.25, -0.2) is 0 Å². The lowest BCUT2D eigenvalue weighted by Crippen LogP contribution is -2.28. The molecule has 1 unspecified atom stereocenters. The predicted molar refractivity (Wildman–Crippen MR) is 79.9 cm³/mol. The van der Waals surface area contributed by atoms with Crippen molar-refractivity contribution in [2.45, 2.75) is 38.1 Å². The molecule has 0 bridgehead atoms. The molecule has 1 amide bonds. The zero-order valence-electron chi connectivity index (χ0n) is 12.4. The number of hydrogen-bond donors (Lipinski definition) is 2. The summed E-state index contributed by atoms with van der Waals surface area (Å²) in [5.74, 6) is -0.907. The molecule has 0 heterocycles. The molecule has 5 nitrogen and oxygen atoms in total. The Morgan fingerprint density at radius 1 is 1.19 bits per heavy atom. The third kappa shape index (κ3) is 7.46. The maximum absolute atomic E-state index is 11.9. The van der Waals surface area contributed by atoms with Gasteiger partial charge >= 0.3 is 5.97 Å². The fourth-order valence-corrected chi connectivity index (χ4v) is 2.07. The number of carbonyl (C=O) groups is 2. The summed E-state index contributed by atoms with van der Waals surface area (Å²) < 4.78 is 4.94. The lowest BCUT2D eigenvalue weighted by atomic mass is 10.0. The molecule has 0 fully saturated rings. The highest BCUT2D eigenvalue weighted by atomic mass is 16.5. The van der Waals surface area contributed by atoms with Gasteiger partial charge in [0.05, 0.1) is 6.04 Å². The van der Waals surface area contributed by atoms with Crippen molar-refractivity contribution in [2.75, 3.05) is 13.7 Å². The summed E-state index contributed by atoms with van der Waals surface area (Å²) in [7, 11) is 1.64. The van der Waals surface area contributed by atoms with Crippen molar-refractivity contribution in [3.05, 3.63) is 35.9 Å². The highest BCUT2D eigenvalue weighted by molar-refractivity contribution is 5.76. The molecule has 1 rings (SSSR count). The standard InChI is InChI=1S/C16H23NO4/c1-21-12-6-5-9-15(18)17-14(10-11-16(19)20)13-7-3-2-4-8-13/h2-4,7-8,14H,5-6,9-12H2,1H3,(H,17,18)(H,19,20). The number of unbranched alkanes of at least 4 members (excludes halogenated alkanes) is 1. The van der Waals surface area contributed by atoms with Crippen LogP contribution in [-0.2, 0) is 14.3 Å². The van der Waals surface area contributed by atoms with Gasteiger partial charge in [-0.3, -0.25) is 9.59 Å². The van der Waals surface area contributed by atoms with E-state index in [2.05, 4.69) is 5.32 Å². The van der Waals surface area contributed by atoms with Crippen LogP contribution in [0.5, 0.6) is 0 Å². The largest absolute Gasteiger partial charge is 0.481 e. The molecule has 0 aliphatic rings. The molecular formula is C16H23NO4. The van der Waals surface area contributed by atoms with E-state index in [4.69, 9.17) is 9.84 Å². The van der Waals surface area contributed by atoms with Gasteiger partial charge in [-0.2, -0.15) is 0 Å². The summed E-state index contributed by atoms with van der Waals surface area (Å²) in [4.78, 5) is 22.7. The minimum Gasteiger partial charge on any atom is -0.481 e. The van der Waals surface area contributed by atoms with Crippen LogP contribution in [0, 0.1) is 0 Å². The summed E-state index contributed by atoms with van der Waals surface area (Å²) in [6.07, 6.45) is 2.46. The van der Waals surface area contributed by atoms with E-state index in [-0.39, 0.29) is 18.4 Å². The second-order valence-corrected chi connectivity index (χ2v) is 4.91. The number of carboxylic acid groups (broad SMARTS) is 1. The second kappa shape index (κ2) is 9.94. The Bertz CT molecular complexity index is 433. The molecule has 0 saturated heterocycles. The number of methoxy groups -OCH3 is 1. The number of carboxylic acids is 1. The molecule has 0 aliphatic carbocycles. The van der Waals surface area contributed by atoms with Crippen molar-refractivity contribution in [3.63, 3.8) is 0 Å². The van der Waals surface area contributed by atoms with Crippen LogP contribution in [0.25, 0.3) is 0 Å². The monoisotopic (exact) mass is 293 g/mol. The van der Waals surface area contributed by atoms with Gasteiger partial charge in [-0.05, 0) is 24.8 Å². The summed E-state index contributed by atoms with van der Waals surface area (Å²) in [6.45, 7) is 0.647. The van der Waals surface area contributed by atoms with E-state index in [0.717, 1.165) is 18.4 Å². The Balaban J connectivity index is 2.52. The van der Waals surface area contributed by atoms with Crippen molar-refractivity contribution in [3.8, 4) is 0 Å². The molecule has 1 atom stereocenters. The lowest BCUT2D eigenvalue weighted by molar-refractivity contribution is -0.137. The number of aliphatic carboxylic acids is 1. The smallest absolute Gasteiger partial charge is 0.303 e. The van der Waals surface area contributed by atoms with Crippen LogP contribution in [-0.4, -0.2) is 30.7 Å². The summed E-state index contributed by atoms with van der Waals surface area (Å²) >= 11 is 0. The molecule has 1 aromatic rings. The number of rotatable bonds is 10. The van der Waals surface area contributed by atoms with Gasteiger partial charge in [0.2, 0.25) is 5.91 Å². The lowest BCUT2D eigenvalue weighted by Gasteiger charge is -2.18. The Morgan fingerprint density at radius 2 is 1.90 bits per heavy atom. The average molecular weight is 293 g/mol. The van der Waals surface area contributed by atoms with Crippen molar-refractivity contribution >= 4 is 11.9 Å². The Morgan fingerprint density at radius 3 is 2.52 bits per heavy atom. The molecule has 1 aromatic carbocycles. The van der Waals surface area contributed by atoms with E-state index in [0.29, 0.717) is 19.4 Å². The molecule has 5 heteroatoms. The Labute approximate surface area is 125 Å². The molecule has 2 N–H and O–H groups in total. The molecular weight excluding hydrogens is 270 g/mol. The minimum atomic E-state index is -0.856. The average Bonchev–Trinajstić information content (AvgIpc) is 2.48. The maximum Gasteiger partial charge on any atom is 0.303 e. The van der Waals surface area contributed by atoms with Crippen LogP contribution in [0.15, 0.2) is 30.3 Å². The zero-order chi connectivity index (χ0) is 15.5. The summed E-state index contributed by atoms with van der Waals surface area (Å²) in [5.41, 5.74) is 0.934. The van der Waals surface area contributed by atoms with Crippen LogP contribution in [0.1, 0.15) is 43.7 Å². The number of benzene rings is 1. The Hall–Kier alpha value is -1.88. The molecule has 0 aromatic heterocycles. The topological polar surface area (TPSA) is 75.6 Å². The van der Waals surface area contributed by atoms with Crippen LogP contribution in [0.4, 0.5) is 0 Å². The van der Waals surface area contributed by atoms with Crippen molar-refractivity contribution < 1.29 is 19.4 Å². The minimum absolute atomic E-state index is 0.0313. The van der Waals surface area contributed by atoms with Gasteiger partial charge in [-0.15, -0.1) is 0 Å². The van der Waals surface area contributed by atoms with Crippen LogP contribution in [0.2, 0.25) is 0 Å². The van der Waals surface area contributed by atoms with Crippen LogP contribution < -0.4 is 5.32 Å². The van der Waals surface area contributed by atoms with E-state index in [1.165, 1.54) is 0 Å². The predicted octanol–water partition coefficient (Wildman–Crippen LogP) is 2.53. The van der Waals surface area contributed by atoms with Gasteiger partial charge in [-0.1, -0.05) is 30.3 Å².